The predicted molar refractivity (Wildman–Crippen MR) is 119 cm³/mol. The number of piperidine rings is 1. The van der Waals surface area contributed by atoms with Crippen LogP contribution in [0.4, 0.5) is 4.39 Å². The molecule has 2 aromatic carbocycles. The van der Waals surface area contributed by atoms with Gasteiger partial charge in [-0.1, -0.05) is 32.9 Å². The molecule has 1 heterocycles. The Hall–Kier alpha value is -2.89. The third-order valence-corrected chi connectivity index (χ3v) is 5.63. The van der Waals surface area contributed by atoms with Crippen LogP contribution in [0.1, 0.15) is 49.5 Å². The van der Waals surface area contributed by atoms with Gasteiger partial charge < -0.3 is 15.0 Å². The predicted octanol–water partition coefficient (Wildman–Crippen LogP) is 4.17. The molecule has 5 nitrogen and oxygen atoms in total. The van der Waals surface area contributed by atoms with Crippen molar-refractivity contribution in [2.45, 2.75) is 39.0 Å². The van der Waals surface area contributed by atoms with E-state index in [-0.39, 0.29) is 29.0 Å². The minimum atomic E-state index is -0.363. The van der Waals surface area contributed by atoms with E-state index in [1.54, 1.807) is 4.90 Å². The number of carbonyl (C=O) groups excluding carboxylic acids is 2. The molecule has 1 fully saturated rings. The molecular formula is C25H31FN2O3. The van der Waals surface area contributed by atoms with E-state index in [4.69, 9.17) is 4.74 Å². The summed E-state index contributed by atoms with van der Waals surface area (Å²) in [5, 5.41) is 2.93. The zero-order chi connectivity index (χ0) is 22.4. The second-order valence-corrected chi connectivity index (χ2v) is 8.99. The summed E-state index contributed by atoms with van der Waals surface area (Å²) in [7, 11) is 0. The number of halogens is 1. The molecule has 0 radical (unpaired) electrons. The summed E-state index contributed by atoms with van der Waals surface area (Å²) in [5.41, 5.74) is 1.82. The highest BCUT2D eigenvalue weighted by Crippen LogP contribution is 2.24. The normalized spacial score (nSPS) is 14.9. The van der Waals surface area contributed by atoms with E-state index in [0.717, 1.165) is 5.75 Å². The quantitative estimate of drug-likeness (QED) is 0.706. The molecular weight excluding hydrogens is 395 g/mol. The van der Waals surface area contributed by atoms with Crippen LogP contribution in [0.25, 0.3) is 0 Å². The minimum absolute atomic E-state index is 0.000520. The van der Waals surface area contributed by atoms with Crippen LogP contribution in [0.5, 0.6) is 5.75 Å². The Bertz CT molecular complexity index is 880. The van der Waals surface area contributed by atoms with E-state index < -0.39 is 0 Å². The molecule has 0 aliphatic carbocycles. The van der Waals surface area contributed by atoms with Crippen molar-refractivity contribution in [2.75, 3.05) is 26.2 Å². The van der Waals surface area contributed by atoms with Gasteiger partial charge in [0.05, 0.1) is 6.54 Å². The summed E-state index contributed by atoms with van der Waals surface area (Å²) >= 11 is 0. The average Bonchev–Trinajstić information content (AvgIpc) is 2.76. The van der Waals surface area contributed by atoms with E-state index in [0.29, 0.717) is 44.6 Å². The topological polar surface area (TPSA) is 58.6 Å². The lowest BCUT2D eigenvalue weighted by molar-refractivity contribution is -0.126. The maximum absolute atomic E-state index is 13.0. The first-order valence-corrected chi connectivity index (χ1v) is 10.8. The number of benzene rings is 2. The molecule has 3 rings (SSSR count). The second-order valence-electron chi connectivity index (χ2n) is 8.99. The van der Waals surface area contributed by atoms with Gasteiger partial charge >= 0.3 is 0 Å². The van der Waals surface area contributed by atoms with Gasteiger partial charge in [-0.15, -0.1) is 0 Å². The Balaban J connectivity index is 1.37. The van der Waals surface area contributed by atoms with Crippen molar-refractivity contribution in [3.63, 3.8) is 0 Å². The van der Waals surface area contributed by atoms with Crippen LogP contribution < -0.4 is 10.1 Å². The molecule has 1 aliphatic heterocycles. The number of hydrogen-bond acceptors (Lipinski definition) is 3. The first kappa shape index (κ1) is 22.8. The Morgan fingerprint density at radius 1 is 1.03 bits per heavy atom. The summed E-state index contributed by atoms with van der Waals surface area (Å²) in [6.45, 7) is 8.39. The molecule has 1 N–H and O–H groups in total. The van der Waals surface area contributed by atoms with Gasteiger partial charge in [-0.05, 0) is 60.2 Å². The molecule has 0 unspecified atom stereocenters. The number of hydrogen-bond donors (Lipinski definition) is 1. The van der Waals surface area contributed by atoms with E-state index in [9.17, 15) is 14.0 Å². The number of ether oxygens (including phenoxy) is 1. The van der Waals surface area contributed by atoms with E-state index in [2.05, 4.69) is 38.2 Å². The van der Waals surface area contributed by atoms with Crippen LogP contribution in [0.15, 0.2) is 48.5 Å². The van der Waals surface area contributed by atoms with Gasteiger partial charge in [0.15, 0.2) is 0 Å². The molecule has 1 saturated heterocycles. The monoisotopic (exact) mass is 426 g/mol. The lowest BCUT2D eigenvalue weighted by atomic mass is 9.87. The molecule has 0 spiro atoms. The third kappa shape index (κ3) is 6.29. The molecule has 166 valence electrons. The standard InChI is InChI=1S/C25H31FN2O3/c1-25(2,3)20-6-10-22(11-7-20)31-17-14-27-23(29)18-12-15-28(16-13-18)24(30)19-4-8-21(26)9-5-19/h4-11,18H,12-17H2,1-3H3,(H,27,29). The largest absolute Gasteiger partial charge is 0.492 e. The van der Waals surface area contributed by atoms with E-state index in [1.165, 1.54) is 29.8 Å². The third-order valence-electron chi connectivity index (χ3n) is 5.63. The van der Waals surface area contributed by atoms with Gasteiger partial charge in [0.1, 0.15) is 18.2 Å². The highest BCUT2D eigenvalue weighted by molar-refractivity contribution is 5.94. The minimum Gasteiger partial charge on any atom is -0.492 e. The van der Waals surface area contributed by atoms with Crippen molar-refractivity contribution < 1.29 is 18.7 Å². The van der Waals surface area contributed by atoms with E-state index >= 15 is 0 Å². The smallest absolute Gasteiger partial charge is 0.253 e. The zero-order valence-electron chi connectivity index (χ0n) is 18.5. The van der Waals surface area contributed by atoms with Gasteiger partial charge in [0.2, 0.25) is 5.91 Å². The van der Waals surface area contributed by atoms with Crippen molar-refractivity contribution in [1.82, 2.24) is 10.2 Å². The lowest BCUT2D eigenvalue weighted by Gasteiger charge is -2.31. The molecule has 6 heteroatoms. The van der Waals surface area contributed by atoms with Gasteiger partial charge in [0, 0.05) is 24.6 Å². The molecule has 1 aliphatic rings. The van der Waals surface area contributed by atoms with Gasteiger partial charge in [0.25, 0.3) is 5.91 Å². The fourth-order valence-electron chi connectivity index (χ4n) is 3.66. The molecule has 31 heavy (non-hydrogen) atoms. The number of likely N-dealkylation sites (tertiary alicyclic amines) is 1. The Labute approximate surface area is 183 Å². The van der Waals surface area contributed by atoms with Gasteiger partial charge in [-0.2, -0.15) is 0 Å². The van der Waals surface area contributed by atoms with Crippen molar-refractivity contribution in [3.05, 3.63) is 65.5 Å². The molecule has 0 bridgehead atoms. The first-order valence-electron chi connectivity index (χ1n) is 10.8. The van der Waals surface area contributed by atoms with Gasteiger partial charge in [-0.25, -0.2) is 4.39 Å². The molecule has 2 aromatic rings. The number of nitrogens with one attached hydrogen (secondary N) is 1. The SMILES string of the molecule is CC(C)(C)c1ccc(OCCNC(=O)C2CCN(C(=O)c3ccc(F)cc3)CC2)cc1. The summed E-state index contributed by atoms with van der Waals surface area (Å²) < 4.78 is 18.8. The Morgan fingerprint density at radius 3 is 2.23 bits per heavy atom. The fourth-order valence-corrected chi connectivity index (χ4v) is 3.66. The van der Waals surface area contributed by atoms with Crippen molar-refractivity contribution >= 4 is 11.8 Å². The highest BCUT2D eigenvalue weighted by atomic mass is 19.1. The van der Waals surface area contributed by atoms with Crippen LogP contribution in [-0.4, -0.2) is 43.0 Å². The molecule has 2 amide bonds. The zero-order valence-corrected chi connectivity index (χ0v) is 18.5. The molecule has 0 aromatic heterocycles. The highest BCUT2D eigenvalue weighted by Gasteiger charge is 2.27. The Morgan fingerprint density at radius 2 is 1.65 bits per heavy atom. The summed E-state index contributed by atoms with van der Waals surface area (Å²) in [5.74, 6) is 0.196. The summed E-state index contributed by atoms with van der Waals surface area (Å²) in [6, 6.07) is 13.6. The lowest BCUT2D eigenvalue weighted by Crippen LogP contribution is -2.43. The van der Waals surface area contributed by atoms with Crippen LogP contribution in [0.3, 0.4) is 0 Å². The number of nitrogens with zero attached hydrogens (tertiary/aromatic N) is 1. The van der Waals surface area contributed by atoms with Crippen molar-refractivity contribution in [2.24, 2.45) is 5.92 Å². The van der Waals surface area contributed by atoms with Crippen LogP contribution >= 0.6 is 0 Å². The molecule has 0 saturated carbocycles. The first-order chi connectivity index (χ1) is 14.7. The molecule has 0 atom stereocenters. The van der Waals surface area contributed by atoms with Gasteiger partial charge in [-0.3, -0.25) is 9.59 Å². The maximum Gasteiger partial charge on any atom is 0.253 e. The van der Waals surface area contributed by atoms with Crippen LogP contribution in [0.2, 0.25) is 0 Å². The number of carbonyl (C=O) groups is 2. The summed E-state index contributed by atoms with van der Waals surface area (Å²) in [6.07, 6.45) is 1.24. The second kappa shape index (κ2) is 9.94. The number of rotatable bonds is 6. The van der Waals surface area contributed by atoms with Crippen molar-refractivity contribution in [3.8, 4) is 5.75 Å². The van der Waals surface area contributed by atoms with Crippen LogP contribution in [-0.2, 0) is 10.2 Å². The Kier molecular flexibility index (Phi) is 7.31. The number of amides is 2. The van der Waals surface area contributed by atoms with Crippen LogP contribution in [0, 0.1) is 11.7 Å². The fraction of sp³-hybridized carbons (Fsp3) is 0.440. The van der Waals surface area contributed by atoms with Crippen molar-refractivity contribution in [1.29, 1.82) is 0 Å². The summed E-state index contributed by atoms with van der Waals surface area (Å²) in [4.78, 5) is 26.7. The average molecular weight is 427 g/mol. The van der Waals surface area contributed by atoms with E-state index in [1.807, 2.05) is 12.1 Å². The maximum atomic E-state index is 13.0.